The molecule has 1 aliphatic carbocycles. The van der Waals surface area contributed by atoms with Crippen molar-refractivity contribution in [2.24, 2.45) is 5.92 Å². The second kappa shape index (κ2) is 9.48. The second-order valence-corrected chi connectivity index (χ2v) is 8.20. The van der Waals surface area contributed by atoms with Gasteiger partial charge in [0.25, 0.3) is 0 Å². The number of hydrogen-bond acceptors (Lipinski definition) is 6. The molecule has 0 bridgehead atoms. The minimum Gasteiger partial charge on any atom is -0.494 e. The summed E-state index contributed by atoms with van der Waals surface area (Å²) in [4.78, 5) is 15.2. The highest BCUT2D eigenvalue weighted by molar-refractivity contribution is 5.98. The van der Waals surface area contributed by atoms with Crippen molar-refractivity contribution < 1.29 is 9.53 Å². The predicted octanol–water partition coefficient (Wildman–Crippen LogP) is 3.67. The summed E-state index contributed by atoms with van der Waals surface area (Å²) in [6, 6.07) is 8.00. The van der Waals surface area contributed by atoms with Crippen molar-refractivity contribution in [2.45, 2.75) is 64.5 Å². The fourth-order valence-corrected chi connectivity index (χ4v) is 4.60. The number of ketones is 1. The molecular formula is C22H31N5O2. The summed E-state index contributed by atoms with van der Waals surface area (Å²) in [7, 11) is 0. The van der Waals surface area contributed by atoms with Crippen molar-refractivity contribution >= 4 is 5.78 Å². The van der Waals surface area contributed by atoms with E-state index >= 15 is 0 Å². The number of carbonyl (C=O) groups excluding carboxylic acids is 1. The number of hydrogen-bond donors (Lipinski definition) is 0. The molecule has 2 aliphatic rings. The molecule has 0 spiro atoms. The van der Waals surface area contributed by atoms with Crippen LogP contribution in [0.5, 0.6) is 5.75 Å². The number of likely N-dealkylation sites (tertiary alicyclic amines) is 1. The Morgan fingerprint density at radius 2 is 1.79 bits per heavy atom. The normalized spacial score (nSPS) is 19.3. The van der Waals surface area contributed by atoms with Crippen molar-refractivity contribution in [1.82, 2.24) is 25.1 Å². The van der Waals surface area contributed by atoms with Crippen molar-refractivity contribution in [3.8, 4) is 5.75 Å². The maximum atomic E-state index is 12.9. The molecule has 1 saturated heterocycles. The number of benzene rings is 1. The number of rotatable bonds is 7. The highest BCUT2D eigenvalue weighted by Crippen LogP contribution is 2.29. The van der Waals surface area contributed by atoms with Gasteiger partial charge in [-0.05, 0) is 80.4 Å². The Hall–Kier alpha value is -2.28. The molecule has 29 heavy (non-hydrogen) atoms. The molecule has 156 valence electrons. The lowest BCUT2D eigenvalue weighted by Crippen LogP contribution is -2.37. The van der Waals surface area contributed by atoms with Gasteiger partial charge in [0, 0.05) is 11.5 Å². The topological polar surface area (TPSA) is 73.1 Å². The molecule has 2 heterocycles. The summed E-state index contributed by atoms with van der Waals surface area (Å²) >= 11 is 0. The van der Waals surface area contributed by atoms with Crippen LogP contribution in [0.15, 0.2) is 24.3 Å². The Bertz CT molecular complexity index is 790. The van der Waals surface area contributed by atoms with Gasteiger partial charge in [-0.25, -0.2) is 4.68 Å². The van der Waals surface area contributed by atoms with Crippen molar-refractivity contribution in [2.75, 3.05) is 19.7 Å². The molecule has 1 aromatic carbocycles. The van der Waals surface area contributed by atoms with Crippen LogP contribution in [0.4, 0.5) is 0 Å². The molecule has 7 nitrogen and oxygen atoms in total. The van der Waals surface area contributed by atoms with E-state index in [9.17, 15) is 4.79 Å². The zero-order valence-corrected chi connectivity index (χ0v) is 17.3. The number of nitrogens with zero attached hydrogens (tertiary/aromatic N) is 5. The Morgan fingerprint density at radius 1 is 1.07 bits per heavy atom. The molecule has 7 heteroatoms. The van der Waals surface area contributed by atoms with Gasteiger partial charge in [0.05, 0.1) is 19.2 Å². The third kappa shape index (κ3) is 4.83. The van der Waals surface area contributed by atoms with E-state index in [0.29, 0.717) is 12.6 Å². The number of tetrazole rings is 1. The lowest BCUT2D eigenvalue weighted by Gasteiger charge is -2.31. The minimum atomic E-state index is 0.0959. The summed E-state index contributed by atoms with van der Waals surface area (Å²) in [5, 5.41) is 12.5. The SMILES string of the molecule is CCOc1ccc(C(=O)C2CCN(Cc3nnnn3C3CCCCC3)CC2)cc1. The van der Waals surface area contributed by atoms with Gasteiger partial charge in [0.1, 0.15) is 5.75 Å². The van der Waals surface area contributed by atoms with E-state index < -0.39 is 0 Å². The molecule has 1 aliphatic heterocycles. The first kappa shape index (κ1) is 20.0. The highest BCUT2D eigenvalue weighted by Gasteiger charge is 2.27. The van der Waals surface area contributed by atoms with Gasteiger partial charge in [-0.2, -0.15) is 0 Å². The molecule has 1 aromatic heterocycles. The standard InChI is InChI=1S/C22H31N5O2/c1-2-29-20-10-8-17(9-11-20)22(28)18-12-14-26(15-13-18)16-21-23-24-25-27(21)19-6-4-3-5-7-19/h8-11,18-19H,2-7,12-16H2,1H3. The number of carbonyl (C=O) groups is 1. The summed E-state index contributed by atoms with van der Waals surface area (Å²) in [5.74, 6) is 2.13. The number of aromatic nitrogens is 4. The number of ether oxygens (including phenoxy) is 1. The quantitative estimate of drug-likeness (QED) is 0.664. The van der Waals surface area contributed by atoms with Crippen LogP contribution < -0.4 is 4.74 Å². The van der Waals surface area contributed by atoms with Crippen LogP contribution in [0.3, 0.4) is 0 Å². The molecule has 0 amide bonds. The average Bonchev–Trinajstić information content (AvgIpc) is 3.23. The Labute approximate surface area is 172 Å². The monoisotopic (exact) mass is 397 g/mol. The van der Waals surface area contributed by atoms with E-state index in [2.05, 4.69) is 25.1 Å². The Kier molecular flexibility index (Phi) is 6.54. The maximum absolute atomic E-state index is 12.9. The van der Waals surface area contributed by atoms with Crippen LogP contribution >= 0.6 is 0 Å². The van der Waals surface area contributed by atoms with E-state index in [0.717, 1.165) is 49.6 Å². The van der Waals surface area contributed by atoms with Crippen LogP contribution in [0.2, 0.25) is 0 Å². The summed E-state index contributed by atoms with van der Waals surface area (Å²) < 4.78 is 7.52. The lowest BCUT2D eigenvalue weighted by molar-refractivity contribution is 0.0830. The highest BCUT2D eigenvalue weighted by atomic mass is 16.5. The summed E-state index contributed by atoms with van der Waals surface area (Å²) in [5.41, 5.74) is 0.785. The average molecular weight is 398 g/mol. The van der Waals surface area contributed by atoms with Crippen molar-refractivity contribution in [1.29, 1.82) is 0 Å². The minimum absolute atomic E-state index is 0.0959. The maximum Gasteiger partial charge on any atom is 0.166 e. The van der Waals surface area contributed by atoms with E-state index in [1.165, 1.54) is 32.1 Å². The first-order chi connectivity index (χ1) is 14.2. The van der Waals surface area contributed by atoms with E-state index in [4.69, 9.17) is 4.74 Å². The molecule has 2 fully saturated rings. The van der Waals surface area contributed by atoms with E-state index in [1.807, 2.05) is 31.2 Å². The van der Waals surface area contributed by atoms with Gasteiger partial charge in [0.2, 0.25) is 0 Å². The molecule has 0 atom stereocenters. The molecule has 0 unspecified atom stereocenters. The van der Waals surface area contributed by atoms with Crippen LogP contribution in [0.25, 0.3) is 0 Å². The van der Waals surface area contributed by atoms with Gasteiger partial charge >= 0.3 is 0 Å². The smallest absolute Gasteiger partial charge is 0.166 e. The molecule has 1 saturated carbocycles. The zero-order chi connectivity index (χ0) is 20.1. The zero-order valence-electron chi connectivity index (χ0n) is 17.3. The molecular weight excluding hydrogens is 366 g/mol. The molecule has 4 rings (SSSR count). The van der Waals surface area contributed by atoms with E-state index in [1.54, 1.807) is 0 Å². The number of piperidine rings is 1. The van der Waals surface area contributed by atoms with Crippen molar-refractivity contribution in [3.05, 3.63) is 35.7 Å². The van der Waals surface area contributed by atoms with Crippen LogP contribution in [-0.2, 0) is 6.54 Å². The summed E-state index contributed by atoms with van der Waals surface area (Å²) in [6.45, 7) is 5.18. The second-order valence-electron chi connectivity index (χ2n) is 8.20. The largest absolute Gasteiger partial charge is 0.494 e. The van der Waals surface area contributed by atoms with Crippen LogP contribution in [-0.4, -0.2) is 50.6 Å². The van der Waals surface area contributed by atoms with Gasteiger partial charge in [0.15, 0.2) is 11.6 Å². The lowest BCUT2D eigenvalue weighted by atomic mass is 9.89. The Balaban J connectivity index is 1.30. The van der Waals surface area contributed by atoms with Crippen molar-refractivity contribution in [3.63, 3.8) is 0 Å². The predicted molar refractivity (Wildman–Crippen MR) is 110 cm³/mol. The van der Waals surface area contributed by atoms with Gasteiger partial charge in [-0.15, -0.1) is 5.10 Å². The Morgan fingerprint density at radius 3 is 2.48 bits per heavy atom. The van der Waals surface area contributed by atoms with Gasteiger partial charge < -0.3 is 4.74 Å². The molecule has 0 N–H and O–H groups in total. The summed E-state index contributed by atoms with van der Waals surface area (Å²) in [6.07, 6.45) is 7.98. The van der Waals surface area contributed by atoms with Gasteiger partial charge in [-0.3, -0.25) is 9.69 Å². The van der Waals surface area contributed by atoms with E-state index in [-0.39, 0.29) is 11.7 Å². The number of Topliss-reactive ketones (excluding diaryl/α,β-unsaturated/α-hetero) is 1. The third-order valence-electron chi connectivity index (χ3n) is 6.25. The molecule has 0 radical (unpaired) electrons. The van der Waals surface area contributed by atoms with Crippen LogP contribution in [0, 0.1) is 5.92 Å². The first-order valence-corrected chi connectivity index (χ1v) is 11.0. The first-order valence-electron chi connectivity index (χ1n) is 11.0. The fourth-order valence-electron chi connectivity index (χ4n) is 4.60. The van der Waals surface area contributed by atoms with Crippen LogP contribution in [0.1, 0.15) is 74.1 Å². The fraction of sp³-hybridized carbons (Fsp3) is 0.636. The van der Waals surface area contributed by atoms with Gasteiger partial charge in [-0.1, -0.05) is 19.3 Å². The third-order valence-corrected chi connectivity index (χ3v) is 6.25. The molecule has 2 aromatic rings.